The van der Waals surface area contributed by atoms with Crippen molar-refractivity contribution in [2.45, 2.75) is 50.8 Å². The molecule has 1 aromatic rings. The van der Waals surface area contributed by atoms with Gasteiger partial charge in [-0.25, -0.2) is 0 Å². The Morgan fingerprint density at radius 3 is 2.81 bits per heavy atom. The highest BCUT2D eigenvalue weighted by molar-refractivity contribution is 5.97. The van der Waals surface area contributed by atoms with Crippen molar-refractivity contribution in [1.29, 1.82) is 0 Å². The van der Waals surface area contributed by atoms with Gasteiger partial charge in [0.1, 0.15) is 5.72 Å². The predicted molar refractivity (Wildman–Crippen MR) is 80.5 cm³/mol. The van der Waals surface area contributed by atoms with Gasteiger partial charge in [0.05, 0.1) is 12.6 Å². The molecule has 0 unspecified atom stereocenters. The number of fused-ring (bicyclic) bond motifs is 2. The van der Waals surface area contributed by atoms with E-state index in [1.165, 1.54) is 11.3 Å². The third-order valence-corrected chi connectivity index (χ3v) is 5.19. The van der Waals surface area contributed by atoms with Crippen LogP contribution in [-0.4, -0.2) is 23.0 Å². The Balaban J connectivity index is 1.79. The summed E-state index contributed by atoms with van der Waals surface area (Å²) in [4.78, 5) is 14.7. The molecule has 0 amide bonds. The smallest absolute Gasteiger partial charge is 0.160 e. The van der Waals surface area contributed by atoms with Gasteiger partial charge in [-0.3, -0.25) is 4.79 Å². The van der Waals surface area contributed by atoms with E-state index in [9.17, 15) is 4.79 Å². The van der Waals surface area contributed by atoms with Crippen LogP contribution in [0.2, 0.25) is 0 Å². The van der Waals surface area contributed by atoms with Crippen LogP contribution < -0.4 is 0 Å². The van der Waals surface area contributed by atoms with Crippen LogP contribution in [-0.2, 0) is 9.53 Å². The molecule has 2 aliphatic heterocycles. The number of nitrogens with zero attached hydrogens (tertiary/aromatic N) is 1. The van der Waals surface area contributed by atoms with Gasteiger partial charge in [0.15, 0.2) is 5.78 Å². The number of rotatable bonds is 1. The number of ketones is 1. The Morgan fingerprint density at radius 1 is 1.19 bits per heavy atom. The Morgan fingerprint density at radius 2 is 2.00 bits per heavy atom. The van der Waals surface area contributed by atoms with Crippen LogP contribution in [0.15, 0.2) is 41.6 Å². The lowest BCUT2D eigenvalue weighted by molar-refractivity contribution is -0.118. The number of carbonyl (C=O) groups excluding carboxylic acids is 1. The summed E-state index contributed by atoms with van der Waals surface area (Å²) in [6, 6.07) is 10.8. The van der Waals surface area contributed by atoms with Gasteiger partial charge in [0.25, 0.3) is 0 Å². The van der Waals surface area contributed by atoms with Gasteiger partial charge in [-0.05, 0) is 38.2 Å². The molecule has 0 aromatic heterocycles. The fourth-order valence-electron chi connectivity index (χ4n) is 4.10. The predicted octanol–water partition coefficient (Wildman–Crippen LogP) is 3.58. The molecule has 1 aliphatic carbocycles. The van der Waals surface area contributed by atoms with Gasteiger partial charge in [-0.2, -0.15) is 0 Å². The molecule has 1 fully saturated rings. The zero-order valence-corrected chi connectivity index (χ0v) is 12.5. The van der Waals surface area contributed by atoms with Gasteiger partial charge in [0, 0.05) is 17.7 Å². The van der Waals surface area contributed by atoms with Crippen molar-refractivity contribution in [2.75, 3.05) is 6.61 Å². The fourth-order valence-corrected chi connectivity index (χ4v) is 4.10. The third kappa shape index (κ3) is 1.95. The number of Topliss-reactive ketones (excluding diaryl/α,β-unsaturated/α-hetero) is 1. The molecule has 4 rings (SSSR count). The summed E-state index contributed by atoms with van der Waals surface area (Å²) in [5.41, 5.74) is 3.38. The number of allylic oxidation sites excluding steroid dienone is 2. The van der Waals surface area contributed by atoms with Crippen molar-refractivity contribution in [2.24, 2.45) is 0 Å². The van der Waals surface area contributed by atoms with E-state index in [0.29, 0.717) is 12.4 Å². The number of carbonyl (C=O) groups is 1. The van der Waals surface area contributed by atoms with Crippen molar-refractivity contribution in [3.8, 4) is 0 Å². The summed E-state index contributed by atoms with van der Waals surface area (Å²) in [6.07, 6.45) is 4.51. The van der Waals surface area contributed by atoms with Crippen LogP contribution in [0.1, 0.15) is 50.6 Å². The minimum Gasteiger partial charge on any atom is -0.353 e. The van der Waals surface area contributed by atoms with E-state index in [4.69, 9.17) is 4.74 Å². The minimum absolute atomic E-state index is 0.239. The van der Waals surface area contributed by atoms with Gasteiger partial charge in [0.2, 0.25) is 0 Å². The van der Waals surface area contributed by atoms with Gasteiger partial charge >= 0.3 is 0 Å². The molecule has 1 saturated heterocycles. The molecule has 0 N–H and O–H groups in total. The van der Waals surface area contributed by atoms with Gasteiger partial charge < -0.3 is 9.64 Å². The number of ether oxygens (including phenoxy) is 1. The Hall–Kier alpha value is -1.61. The standard InChI is InChI=1S/C18H21NO2/c1-18-11-10-14-15(8-5-9-17(14)20)19(18)16(12-21-18)13-6-3-2-4-7-13/h2-4,6-7,16H,5,8-12H2,1H3/t16-,18-/m1/s1. The molecule has 0 spiro atoms. The van der Waals surface area contributed by atoms with Crippen molar-refractivity contribution in [1.82, 2.24) is 4.90 Å². The summed E-state index contributed by atoms with van der Waals surface area (Å²) in [5.74, 6) is 0.358. The molecule has 110 valence electrons. The molecule has 1 aromatic carbocycles. The molecule has 0 saturated carbocycles. The van der Waals surface area contributed by atoms with Gasteiger partial charge in [-0.1, -0.05) is 30.3 Å². The van der Waals surface area contributed by atoms with Crippen LogP contribution in [0.4, 0.5) is 0 Å². The van der Waals surface area contributed by atoms with E-state index < -0.39 is 0 Å². The van der Waals surface area contributed by atoms with Crippen LogP contribution in [0.5, 0.6) is 0 Å². The fraction of sp³-hybridized carbons (Fsp3) is 0.500. The first-order chi connectivity index (χ1) is 10.2. The average Bonchev–Trinajstić information content (AvgIpc) is 2.86. The first kappa shape index (κ1) is 13.1. The molecule has 21 heavy (non-hydrogen) atoms. The number of hydrogen-bond donors (Lipinski definition) is 0. The molecule has 3 nitrogen and oxygen atoms in total. The largest absolute Gasteiger partial charge is 0.353 e. The van der Waals surface area contributed by atoms with E-state index in [1.54, 1.807) is 0 Å². The normalized spacial score (nSPS) is 32.1. The lowest BCUT2D eigenvalue weighted by atomic mass is 9.84. The highest BCUT2D eigenvalue weighted by Gasteiger charge is 2.49. The summed E-state index contributed by atoms with van der Waals surface area (Å²) < 4.78 is 6.18. The van der Waals surface area contributed by atoms with E-state index in [-0.39, 0.29) is 11.8 Å². The first-order valence-corrected chi connectivity index (χ1v) is 7.92. The Kier molecular flexibility index (Phi) is 2.93. The second kappa shape index (κ2) is 4.70. The van der Waals surface area contributed by atoms with E-state index >= 15 is 0 Å². The number of benzene rings is 1. The van der Waals surface area contributed by atoms with Crippen LogP contribution in [0.3, 0.4) is 0 Å². The second-order valence-corrected chi connectivity index (χ2v) is 6.48. The molecular weight excluding hydrogens is 262 g/mol. The molecular formula is C18H21NO2. The van der Waals surface area contributed by atoms with E-state index in [2.05, 4.69) is 36.1 Å². The monoisotopic (exact) mass is 283 g/mol. The SMILES string of the molecule is C[C@@]12CCC3=C(CCCC3=O)N1[C@@H](c1ccccc1)CO2. The number of hydrogen-bond acceptors (Lipinski definition) is 3. The quantitative estimate of drug-likeness (QED) is 0.789. The van der Waals surface area contributed by atoms with Crippen molar-refractivity contribution in [3.63, 3.8) is 0 Å². The van der Waals surface area contributed by atoms with E-state index in [0.717, 1.165) is 37.7 Å². The van der Waals surface area contributed by atoms with E-state index in [1.807, 2.05) is 6.07 Å². The molecule has 0 radical (unpaired) electrons. The minimum atomic E-state index is -0.239. The summed E-state index contributed by atoms with van der Waals surface area (Å²) in [7, 11) is 0. The van der Waals surface area contributed by atoms with Crippen molar-refractivity contribution >= 4 is 5.78 Å². The van der Waals surface area contributed by atoms with Crippen LogP contribution in [0, 0.1) is 0 Å². The lowest BCUT2D eigenvalue weighted by Crippen LogP contribution is -2.47. The lowest BCUT2D eigenvalue weighted by Gasteiger charge is -2.45. The molecule has 0 bridgehead atoms. The highest BCUT2D eigenvalue weighted by Crippen LogP contribution is 2.49. The maximum absolute atomic E-state index is 12.2. The molecule has 2 atom stereocenters. The topological polar surface area (TPSA) is 29.5 Å². The highest BCUT2D eigenvalue weighted by atomic mass is 16.5. The Bertz CT molecular complexity index is 607. The maximum Gasteiger partial charge on any atom is 0.160 e. The van der Waals surface area contributed by atoms with Crippen LogP contribution in [0.25, 0.3) is 0 Å². The van der Waals surface area contributed by atoms with Crippen molar-refractivity contribution in [3.05, 3.63) is 47.2 Å². The average molecular weight is 283 g/mol. The summed E-state index contributed by atoms with van der Waals surface area (Å²) in [6.45, 7) is 2.89. The van der Waals surface area contributed by atoms with Gasteiger partial charge in [-0.15, -0.1) is 0 Å². The first-order valence-electron chi connectivity index (χ1n) is 7.92. The molecule has 3 heteroatoms. The summed E-state index contributed by atoms with van der Waals surface area (Å²) >= 11 is 0. The summed E-state index contributed by atoms with van der Waals surface area (Å²) in [5, 5.41) is 0. The molecule has 2 heterocycles. The Labute approximate surface area is 125 Å². The third-order valence-electron chi connectivity index (χ3n) is 5.19. The zero-order valence-electron chi connectivity index (χ0n) is 12.5. The second-order valence-electron chi connectivity index (χ2n) is 6.48. The molecule has 3 aliphatic rings. The zero-order chi connectivity index (χ0) is 14.4. The van der Waals surface area contributed by atoms with Crippen LogP contribution >= 0.6 is 0 Å². The van der Waals surface area contributed by atoms with Crippen molar-refractivity contribution < 1.29 is 9.53 Å². The maximum atomic E-state index is 12.2.